The van der Waals surface area contributed by atoms with Gasteiger partial charge >= 0.3 is 5.97 Å². The summed E-state index contributed by atoms with van der Waals surface area (Å²) in [5, 5.41) is 16.1. The van der Waals surface area contributed by atoms with Gasteiger partial charge in [-0.2, -0.15) is 12.6 Å². The number of carbonyl (C=O) groups excluding carboxylic acids is 4. The molecule has 0 aromatic rings. The van der Waals surface area contributed by atoms with Crippen molar-refractivity contribution in [3.05, 3.63) is 0 Å². The summed E-state index contributed by atoms with van der Waals surface area (Å²) in [7, 11) is 0. The molecule has 0 rings (SSSR count). The Labute approximate surface area is 175 Å². The van der Waals surface area contributed by atoms with Crippen LogP contribution in [0.3, 0.4) is 0 Å². The minimum atomic E-state index is -1.22. The van der Waals surface area contributed by atoms with E-state index in [4.69, 9.17) is 16.6 Å². The quantitative estimate of drug-likeness (QED) is 0.165. The molecule has 0 aliphatic rings. The Bertz CT molecular complexity index is 617. The number of nitrogens with one attached hydrogen (secondary N) is 3. The molecule has 0 fully saturated rings. The van der Waals surface area contributed by atoms with Crippen LogP contribution in [0.5, 0.6) is 0 Å². The third-order valence-electron chi connectivity index (χ3n) is 4.38. The fraction of sp³-hybridized carbons (Fsp3) is 0.706. The predicted molar refractivity (Wildman–Crippen MR) is 109 cm³/mol. The fourth-order valence-corrected chi connectivity index (χ4v) is 2.48. The highest BCUT2D eigenvalue weighted by Crippen LogP contribution is 2.09. The van der Waals surface area contributed by atoms with Gasteiger partial charge in [0.25, 0.3) is 0 Å². The lowest BCUT2D eigenvalue weighted by Crippen LogP contribution is -2.59. The number of amides is 4. The Balaban J connectivity index is 5.14. The Morgan fingerprint density at radius 1 is 1.00 bits per heavy atom. The molecule has 0 bridgehead atoms. The monoisotopic (exact) mass is 433 g/mol. The molecule has 5 unspecified atom stereocenters. The number of carboxylic acids is 1. The molecule has 0 aromatic heterocycles. The molecule has 0 saturated carbocycles. The molecular formula is C17H31N5O6S. The van der Waals surface area contributed by atoms with Crippen molar-refractivity contribution in [2.45, 2.75) is 64.2 Å². The molecule has 11 nitrogen and oxygen atoms in total. The van der Waals surface area contributed by atoms with Crippen LogP contribution in [-0.2, 0) is 24.0 Å². The molecule has 12 heteroatoms. The molecular weight excluding hydrogens is 402 g/mol. The van der Waals surface area contributed by atoms with Gasteiger partial charge in [0, 0.05) is 12.2 Å². The summed E-state index contributed by atoms with van der Waals surface area (Å²) < 4.78 is 0. The maximum Gasteiger partial charge on any atom is 0.325 e. The van der Waals surface area contributed by atoms with Crippen molar-refractivity contribution in [2.75, 3.05) is 5.75 Å². The maximum absolute atomic E-state index is 12.7. The van der Waals surface area contributed by atoms with E-state index in [2.05, 4.69) is 28.6 Å². The smallest absolute Gasteiger partial charge is 0.325 e. The van der Waals surface area contributed by atoms with Gasteiger partial charge in [-0.3, -0.25) is 24.0 Å². The minimum absolute atomic E-state index is 0.0325. The summed E-state index contributed by atoms with van der Waals surface area (Å²) >= 11 is 4.02. The van der Waals surface area contributed by atoms with Crippen LogP contribution < -0.4 is 27.4 Å². The van der Waals surface area contributed by atoms with Crippen molar-refractivity contribution in [3.8, 4) is 0 Å². The molecule has 5 atom stereocenters. The molecule has 0 spiro atoms. The van der Waals surface area contributed by atoms with E-state index in [0.29, 0.717) is 6.42 Å². The summed E-state index contributed by atoms with van der Waals surface area (Å²) in [4.78, 5) is 58.9. The Hall–Kier alpha value is -2.34. The molecule has 0 radical (unpaired) electrons. The second kappa shape index (κ2) is 13.0. The Morgan fingerprint density at radius 2 is 1.59 bits per heavy atom. The van der Waals surface area contributed by atoms with Gasteiger partial charge in [0.15, 0.2) is 0 Å². The number of rotatable bonds is 13. The molecule has 166 valence electrons. The van der Waals surface area contributed by atoms with Crippen LogP contribution in [0.25, 0.3) is 0 Å². The van der Waals surface area contributed by atoms with Gasteiger partial charge in [-0.15, -0.1) is 0 Å². The number of aliphatic carboxylic acids is 1. The number of thiol groups is 1. The molecule has 4 amide bonds. The Morgan fingerprint density at radius 3 is 2.03 bits per heavy atom. The second-order valence-corrected chi connectivity index (χ2v) is 7.16. The van der Waals surface area contributed by atoms with E-state index in [1.807, 2.05) is 6.92 Å². The van der Waals surface area contributed by atoms with Gasteiger partial charge in [0.05, 0.1) is 6.04 Å². The highest BCUT2D eigenvalue weighted by atomic mass is 32.1. The highest BCUT2D eigenvalue weighted by molar-refractivity contribution is 7.80. The van der Waals surface area contributed by atoms with Gasteiger partial charge in [-0.1, -0.05) is 20.3 Å². The van der Waals surface area contributed by atoms with Crippen LogP contribution in [0.1, 0.15) is 40.0 Å². The fourth-order valence-electron chi connectivity index (χ4n) is 2.22. The lowest BCUT2D eigenvalue weighted by Gasteiger charge is -2.27. The molecule has 0 aliphatic carbocycles. The van der Waals surface area contributed by atoms with Crippen molar-refractivity contribution in [3.63, 3.8) is 0 Å². The number of carbonyl (C=O) groups is 5. The van der Waals surface area contributed by atoms with Crippen molar-refractivity contribution in [2.24, 2.45) is 17.4 Å². The van der Waals surface area contributed by atoms with Crippen LogP contribution in [0, 0.1) is 5.92 Å². The first-order valence-corrected chi connectivity index (χ1v) is 9.86. The minimum Gasteiger partial charge on any atom is -0.480 e. The zero-order chi connectivity index (χ0) is 22.7. The van der Waals surface area contributed by atoms with E-state index in [-0.39, 0.29) is 24.5 Å². The average molecular weight is 434 g/mol. The van der Waals surface area contributed by atoms with Gasteiger partial charge in [0.1, 0.15) is 18.1 Å². The third kappa shape index (κ3) is 9.61. The lowest BCUT2D eigenvalue weighted by molar-refractivity contribution is -0.141. The van der Waals surface area contributed by atoms with Crippen LogP contribution in [0.4, 0.5) is 0 Å². The first-order chi connectivity index (χ1) is 13.4. The topological polar surface area (TPSA) is 194 Å². The van der Waals surface area contributed by atoms with E-state index in [0.717, 1.165) is 0 Å². The summed E-state index contributed by atoms with van der Waals surface area (Å²) in [6, 6.07) is -4.25. The maximum atomic E-state index is 12.7. The highest BCUT2D eigenvalue weighted by Gasteiger charge is 2.31. The van der Waals surface area contributed by atoms with E-state index in [9.17, 15) is 24.0 Å². The van der Waals surface area contributed by atoms with Crippen molar-refractivity contribution in [1.29, 1.82) is 0 Å². The largest absolute Gasteiger partial charge is 0.480 e. The van der Waals surface area contributed by atoms with Crippen LogP contribution in [-0.4, -0.2) is 64.6 Å². The zero-order valence-electron chi connectivity index (χ0n) is 16.8. The van der Waals surface area contributed by atoms with Crippen molar-refractivity contribution >= 4 is 42.2 Å². The van der Waals surface area contributed by atoms with Gasteiger partial charge in [0.2, 0.25) is 23.6 Å². The number of hydrogen-bond acceptors (Lipinski definition) is 7. The summed E-state index contributed by atoms with van der Waals surface area (Å²) in [6.45, 7) is 4.84. The van der Waals surface area contributed by atoms with E-state index in [1.54, 1.807) is 6.92 Å². The normalized spacial score (nSPS) is 15.9. The first kappa shape index (κ1) is 26.7. The number of hydrogen-bond donors (Lipinski definition) is 7. The Kier molecular flexibility index (Phi) is 11.9. The lowest BCUT2D eigenvalue weighted by atomic mass is 9.97. The standard InChI is InChI=1S/C17H31N5O6S/c1-4-8(2)13(22-14(24)10(18)5-6-12(19)23)16(26)21-11(7-29)15(25)20-9(3)17(27)28/h8-11,13,29H,4-7,18H2,1-3H3,(H2,19,23)(H,20,25)(H,21,26)(H,22,24)(H,27,28). The third-order valence-corrected chi connectivity index (χ3v) is 4.74. The first-order valence-electron chi connectivity index (χ1n) is 9.23. The number of nitrogens with two attached hydrogens (primary N) is 2. The zero-order valence-corrected chi connectivity index (χ0v) is 17.7. The SMILES string of the molecule is CCC(C)C(NC(=O)C(N)CCC(N)=O)C(=O)NC(CS)C(=O)NC(C)C(=O)O. The molecule has 0 aromatic carbocycles. The van der Waals surface area contributed by atoms with Crippen LogP contribution >= 0.6 is 12.6 Å². The second-order valence-electron chi connectivity index (χ2n) is 6.80. The van der Waals surface area contributed by atoms with Gasteiger partial charge in [-0.25, -0.2) is 0 Å². The summed E-state index contributed by atoms with van der Waals surface area (Å²) in [6.07, 6.45) is 0.506. The molecule has 0 saturated heterocycles. The summed E-state index contributed by atoms with van der Waals surface area (Å²) in [5.74, 6) is -4.16. The number of primary amides is 1. The van der Waals surface area contributed by atoms with Crippen molar-refractivity contribution < 1.29 is 29.1 Å². The van der Waals surface area contributed by atoms with Crippen molar-refractivity contribution in [1.82, 2.24) is 16.0 Å². The van der Waals surface area contributed by atoms with E-state index >= 15 is 0 Å². The predicted octanol–water partition coefficient (Wildman–Crippen LogP) is -1.89. The molecule has 29 heavy (non-hydrogen) atoms. The van der Waals surface area contributed by atoms with E-state index < -0.39 is 53.8 Å². The van der Waals surface area contributed by atoms with E-state index in [1.165, 1.54) is 6.92 Å². The average Bonchev–Trinajstić information content (AvgIpc) is 2.66. The molecule has 0 aliphatic heterocycles. The van der Waals surface area contributed by atoms with Crippen LogP contribution in [0.15, 0.2) is 0 Å². The van der Waals surface area contributed by atoms with Gasteiger partial charge < -0.3 is 32.5 Å². The molecule has 8 N–H and O–H groups in total. The van der Waals surface area contributed by atoms with Crippen LogP contribution in [0.2, 0.25) is 0 Å². The molecule has 0 heterocycles. The number of carboxylic acid groups (broad SMARTS) is 1. The van der Waals surface area contributed by atoms with Gasteiger partial charge in [-0.05, 0) is 19.3 Å². The summed E-state index contributed by atoms with van der Waals surface area (Å²) in [5.41, 5.74) is 10.8.